The number of halogens is 1. The second-order valence-electron chi connectivity index (χ2n) is 5.69. The van der Waals surface area contributed by atoms with Crippen LogP contribution in [0.4, 0.5) is 0 Å². The molecule has 2 N–H and O–H groups in total. The summed E-state index contributed by atoms with van der Waals surface area (Å²) in [5.41, 5.74) is 0.246. The number of benzene rings is 1. The number of rotatable bonds is 4. The van der Waals surface area contributed by atoms with Crippen LogP contribution in [-0.4, -0.2) is 29.8 Å². The Morgan fingerprint density at radius 1 is 1.55 bits per heavy atom. The number of hydrogen-bond donors (Lipinski definition) is 2. The Balaban J connectivity index is 2.05. The lowest BCUT2D eigenvalue weighted by atomic mass is 9.64. The van der Waals surface area contributed by atoms with E-state index < -0.39 is 0 Å². The number of phenolic OH excluding ortho intramolecular Hbond substituents is 1. The fourth-order valence-corrected chi connectivity index (χ4v) is 3.03. The van der Waals surface area contributed by atoms with Crippen LogP contribution in [0.2, 0.25) is 0 Å². The summed E-state index contributed by atoms with van der Waals surface area (Å²) in [6.07, 6.45) is 0.999. The minimum absolute atomic E-state index is 0.0152. The number of carbonyl (C=O) groups is 1. The third-order valence-corrected chi connectivity index (χ3v) is 4.73. The van der Waals surface area contributed by atoms with E-state index in [4.69, 9.17) is 4.74 Å². The number of aromatic hydroxyl groups is 1. The second kappa shape index (κ2) is 5.89. The monoisotopic (exact) mass is 389 g/mol. The van der Waals surface area contributed by atoms with Crippen LogP contribution in [0, 0.1) is 8.99 Å². The summed E-state index contributed by atoms with van der Waals surface area (Å²) in [7, 11) is 0. The molecule has 5 heteroatoms. The molecule has 0 heterocycles. The highest BCUT2D eigenvalue weighted by Gasteiger charge is 2.49. The van der Waals surface area contributed by atoms with Gasteiger partial charge in [0.15, 0.2) is 0 Å². The number of amides is 1. The average molecular weight is 389 g/mol. The van der Waals surface area contributed by atoms with Crippen molar-refractivity contribution < 1.29 is 14.6 Å². The van der Waals surface area contributed by atoms with Crippen molar-refractivity contribution in [1.82, 2.24) is 5.32 Å². The molecule has 1 aromatic carbocycles. The molecule has 110 valence electrons. The molecule has 0 saturated heterocycles. The largest absolute Gasteiger partial charge is 0.507 e. The SMILES string of the molecule is CCOC1CC(NC(=O)c2cc(I)ccc2O)C1(C)C. The maximum atomic E-state index is 12.3. The van der Waals surface area contributed by atoms with Crippen molar-refractivity contribution >= 4 is 28.5 Å². The Morgan fingerprint density at radius 2 is 2.25 bits per heavy atom. The van der Waals surface area contributed by atoms with Crippen molar-refractivity contribution in [3.8, 4) is 5.75 Å². The maximum Gasteiger partial charge on any atom is 0.255 e. The molecule has 2 atom stereocenters. The second-order valence-corrected chi connectivity index (χ2v) is 6.93. The van der Waals surface area contributed by atoms with Crippen molar-refractivity contribution in [3.05, 3.63) is 27.3 Å². The highest BCUT2D eigenvalue weighted by molar-refractivity contribution is 14.1. The summed E-state index contributed by atoms with van der Waals surface area (Å²) in [6, 6.07) is 5.08. The molecule has 1 amide bonds. The summed E-state index contributed by atoms with van der Waals surface area (Å²) >= 11 is 2.12. The van der Waals surface area contributed by atoms with Crippen molar-refractivity contribution in [2.45, 2.75) is 39.3 Å². The molecule has 1 aromatic rings. The van der Waals surface area contributed by atoms with Crippen molar-refractivity contribution in [3.63, 3.8) is 0 Å². The van der Waals surface area contributed by atoms with Crippen LogP contribution >= 0.6 is 22.6 Å². The van der Waals surface area contributed by atoms with E-state index in [0.717, 1.165) is 9.99 Å². The third kappa shape index (κ3) is 2.93. The Labute approximate surface area is 133 Å². The van der Waals surface area contributed by atoms with E-state index in [1.807, 2.05) is 6.92 Å². The van der Waals surface area contributed by atoms with Gasteiger partial charge in [-0.1, -0.05) is 13.8 Å². The van der Waals surface area contributed by atoms with Crippen LogP contribution in [0.5, 0.6) is 5.75 Å². The maximum absolute atomic E-state index is 12.3. The molecule has 0 aliphatic heterocycles. The van der Waals surface area contributed by atoms with Crippen LogP contribution in [-0.2, 0) is 4.74 Å². The molecular formula is C15H20INO3. The quantitative estimate of drug-likeness (QED) is 0.779. The van der Waals surface area contributed by atoms with Gasteiger partial charge in [0.1, 0.15) is 5.75 Å². The predicted octanol–water partition coefficient (Wildman–Crippen LogP) is 2.93. The lowest BCUT2D eigenvalue weighted by molar-refractivity contribution is -0.111. The number of phenols is 1. The minimum atomic E-state index is -0.228. The van der Waals surface area contributed by atoms with Gasteiger partial charge >= 0.3 is 0 Å². The Morgan fingerprint density at radius 3 is 2.85 bits per heavy atom. The zero-order chi connectivity index (χ0) is 14.9. The van der Waals surface area contributed by atoms with Gasteiger partial charge in [0, 0.05) is 21.6 Å². The fourth-order valence-electron chi connectivity index (χ4n) is 2.54. The standard InChI is InChI=1S/C15H20INO3/c1-4-20-13-8-12(15(13,2)3)17-14(19)10-7-9(16)5-6-11(10)18/h5-7,12-13,18H,4,8H2,1-3H3,(H,17,19). The molecule has 2 unspecified atom stereocenters. The first-order valence-corrected chi connectivity index (χ1v) is 7.85. The Hall–Kier alpha value is -0.820. The van der Waals surface area contributed by atoms with Crippen molar-refractivity contribution in [1.29, 1.82) is 0 Å². The van der Waals surface area contributed by atoms with Crippen LogP contribution in [0.25, 0.3) is 0 Å². The van der Waals surface area contributed by atoms with Gasteiger partial charge in [0.05, 0.1) is 11.7 Å². The summed E-state index contributed by atoms with van der Waals surface area (Å²) in [6.45, 7) is 6.85. The average Bonchev–Trinajstić information content (AvgIpc) is 2.40. The lowest BCUT2D eigenvalue weighted by Crippen LogP contribution is -2.62. The zero-order valence-electron chi connectivity index (χ0n) is 11.9. The normalized spacial score (nSPS) is 24.0. The van der Waals surface area contributed by atoms with Crippen LogP contribution in [0.15, 0.2) is 18.2 Å². The molecule has 1 aliphatic carbocycles. The number of hydrogen-bond acceptors (Lipinski definition) is 3. The highest BCUT2D eigenvalue weighted by Crippen LogP contribution is 2.42. The van der Waals surface area contributed by atoms with Crippen LogP contribution in [0.3, 0.4) is 0 Å². The molecular weight excluding hydrogens is 369 g/mol. The van der Waals surface area contributed by atoms with Gasteiger partial charge in [-0.2, -0.15) is 0 Å². The van der Waals surface area contributed by atoms with Gasteiger partial charge in [-0.3, -0.25) is 4.79 Å². The summed E-state index contributed by atoms with van der Waals surface area (Å²) < 4.78 is 6.57. The molecule has 0 bridgehead atoms. The Kier molecular flexibility index (Phi) is 4.59. The first-order valence-electron chi connectivity index (χ1n) is 6.77. The summed E-state index contributed by atoms with van der Waals surface area (Å²) in [4.78, 5) is 12.3. The molecule has 1 saturated carbocycles. The van der Waals surface area contributed by atoms with E-state index >= 15 is 0 Å². The molecule has 1 fully saturated rings. The van der Waals surface area contributed by atoms with Gasteiger partial charge in [0.2, 0.25) is 0 Å². The fraction of sp³-hybridized carbons (Fsp3) is 0.533. The van der Waals surface area contributed by atoms with E-state index in [1.165, 1.54) is 0 Å². The molecule has 20 heavy (non-hydrogen) atoms. The van der Waals surface area contributed by atoms with Gasteiger partial charge < -0.3 is 15.2 Å². The number of carbonyl (C=O) groups excluding carboxylic acids is 1. The van der Waals surface area contributed by atoms with Gasteiger partial charge in [-0.05, 0) is 54.1 Å². The highest BCUT2D eigenvalue weighted by atomic mass is 127. The zero-order valence-corrected chi connectivity index (χ0v) is 14.1. The molecule has 4 nitrogen and oxygen atoms in total. The Bertz CT molecular complexity index is 516. The van der Waals surface area contributed by atoms with E-state index in [0.29, 0.717) is 12.2 Å². The lowest BCUT2D eigenvalue weighted by Gasteiger charge is -2.51. The molecule has 2 rings (SSSR count). The van der Waals surface area contributed by atoms with Gasteiger partial charge in [-0.15, -0.1) is 0 Å². The summed E-state index contributed by atoms with van der Waals surface area (Å²) in [5.74, 6) is -0.213. The van der Waals surface area contributed by atoms with E-state index in [1.54, 1.807) is 18.2 Å². The van der Waals surface area contributed by atoms with E-state index in [-0.39, 0.29) is 29.2 Å². The van der Waals surface area contributed by atoms with Crippen LogP contribution < -0.4 is 5.32 Å². The first-order chi connectivity index (χ1) is 9.36. The molecule has 0 spiro atoms. The van der Waals surface area contributed by atoms with Gasteiger partial charge in [-0.25, -0.2) is 0 Å². The number of ether oxygens (including phenoxy) is 1. The molecule has 0 aromatic heterocycles. The van der Waals surface area contributed by atoms with E-state index in [9.17, 15) is 9.90 Å². The van der Waals surface area contributed by atoms with Crippen molar-refractivity contribution in [2.24, 2.45) is 5.41 Å². The third-order valence-electron chi connectivity index (χ3n) is 4.05. The van der Waals surface area contributed by atoms with E-state index in [2.05, 4.69) is 41.8 Å². The van der Waals surface area contributed by atoms with Gasteiger partial charge in [0.25, 0.3) is 5.91 Å². The first kappa shape index (κ1) is 15.6. The van der Waals surface area contributed by atoms with Crippen molar-refractivity contribution in [2.75, 3.05) is 6.61 Å². The molecule has 1 aliphatic rings. The number of nitrogens with one attached hydrogen (secondary N) is 1. The minimum Gasteiger partial charge on any atom is -0.507 e. The summed E-state index contributed by atoms with van der Waals surface area (Å²) in [5, 5.41) is 12.8. The molecule has 0 radical (unpaired) electrons. The predicted molar refractivity (Wildman–Crippen MR) is 85.9 cm³/mol. The topological polar surface area (TPSA) is 58.6 Å². The smallest absolute Gasteiger partial charge is 0.255 e. The van der Waals surface area contributed by atoms with Crippen LogP contribution in [0.1, 0.15) is 37.6 Å².